The summed E-state index contributed by atoms with van der Waals surface area (Å²) in [5.74, 6) is 0. The second-order valence-corrected chi connectivity index (χ2v) is 6.29. The van der Waals surface area contributed by atoms with Crippen LogP contribution in [0.1, 0.15) is 12.5 Å². The minimum atomic E-state index is 0. The Hall–Kier alpha value is -0.618. The molecule has 0 aliphatic heterocycles. The predicted octanol–water partition coefficient (Wildman–Crippen LogP) is -1.71. The molecule has 0 fully saturated rings. The van der Waals surface area contributed by atoms with E-state index in [0.29, 0.717) is 0 Å². The summed E-state index contributed by atoms with van der Waals surface area (Å²) < 4.78 is 0. The van der Waals surface area contributed by atoms with Gasteiger partial charge in [0.25, 0.3) is 0 Å². The minimum absolute atomic E-state index is 0. The van der Waals surface area contributed by atoms with E-state index in [9.17, 15) is 0 Å². The van der Waals surface area contributed by atoms with Gasteiger partial charge in [-0.15, -0.1) is 23.2 Å². The van der Waals surface area contributed by atoms with Crippen molar-refractivity contribution in [3.63, 3.8) is 0 Å². The van der Waals surface area contributed by atoms with E-state index in [1.54, 1.807) is 0 Å². The first-order valence-electron chi connectivity index (χ1n) is 8.32. The first-order chi connectivity index (χ1) is 12.3. The monoisotopic (exact) mass is 500 g/mol. The molecule has 0 radical (unpaired) electrons. The van der Waals surface area contributed by atoms with Gasteiger partial charge in [0.15, 0.2) is 0 Å². The number of fused-ring (bicyclic) bond motifs is 2. The number of halogens is 5. The van der Waals surface area contributed by atoms with E-state index in [2.05, 4.69) is 97.9 Å². The zero-order chi connectivity index (χ0) is 17.9. The maximum atomic E-state index is 4.76. The van der Waals surface area contributed by atoms with Crippen LogP contribution in [0.3, 0.4) is 0 Å². The van der Waals surface area contributed by atoms with Crippen molar-refractivity contribution in [2.24, 2.45) is 0 Å². The summed E-state index contributed by atoms with van der Waals surface area (Å²) in [5, 5.41) is 5.49. The number of alkyl halides is 2. The topological polar surface area (TPSA) is 0 Å². The predicted molar refractivity (Wildman–Crippen MR) is 120 cm³/mol. The molecule has 4 aromatic carbocycles. The van der Waals surface area contributed by atoms with Gasteiger partial charge in [-0.3, -0.25) is 0 Å². The van der Waals surface area contributed by atoms with E-state index in [0.717, 1.165) is 6.42 Å². The van der Waals surface area contributed by atoms with Gasteiger partial charge in [-0.25, -0.2) is 0 Å². The third-order valence-corrected chi connectivity index (χ3v) is 3.88. The standard InChI is InChI=1S/C12H12.C10H8.CH2Cl2.Al.3ClH/c1-2-10-7-8-11-5-3-4-6-12(11)9-10;1-2-6-10-8-4-3-7-9(10)5-1;2-1-3;;;;/h3-9H,2H2,1H3;1-8H;1H2;;3*1H/q;;;+3;;;/p-3. The molecule has 0 spiro atoms. The molecule has 0 unspecified atom stereocenters. The quantitative estimate of drug-likeness (QED) is 0.215. The Morgan fingerprint density at radius 1 is 0.552 bits per heavy atom. The van der Waals surface area contributed by atoms with Gasteiger partial charge >= 0.3 is 17.4 Å². The summed E-state index contributed by atoms with van der Waals surface area (Å²) in [6.07, 6.45) is 1.12. The maximum Gasteiger partial charge on any atom is 3.00 e. The normalized spacial score (nSPS) is 8.38. The molecule has 0 nitrogen and oxygen atoms in total. The van der Waals surface area contributed by atoms with Gasteiger partial charge in [0, 0.05) is 0 Å². The Morgan fingerprint density at radius 2 is 0.862 bits per heavy atom. The van der Waals surface area contributed by atoms with E-state index in [-0.39, 0.29) is 59.9 Å². The Kier molecular flexibility index (Phi) is 22.0. The van der Waals surface area contributed by atoms with Crippen LogP contribution in [0, 0.1) is 0 Å². The minimum Gasteiger partial charge on any atom is -1.00 e. The Balaban J connectivity index is -0.000000369. The van der Waals surface area contributed by atoms with Crippen LogP contribution >= 0.6 is 23.2 Å². The van der Waals surface area contributed by atoms with Gasteiger partial charge in [0.1, 0.15) is 0 Å². The summed E-state index contributed by atoms with van der Waals surface area (Å²) in [5.41, 5.74) is 1.41. The molecule has 0 heterocycles. The van der Waals surface area contributed by atoms with Gasteiger partial charge < -0.3 is 37.2 Å². The number of rotatable bonds is 1. The molecule has 0 atom stereocenters. The molecule has 0 bridgehead atoms. The fourth-order valence-electron chi connectivity index (χ4n) is 2.59. The molecular formula is C23H22AlCl5. The van der Waals surface area contributed by atoms with E-state index >= 15 is 0 Å². The summed E-state index contributed by atoms with van der Waals surface area (Å²) in [6.45, 7) is 2.18. The van der Waals surface area contributed by atoms with Crippen molar-refractivity contribution in [2.75, 3.05) is 5.34 Å². The molecule has 0 amide bonds. The van der Waals surface area contributed by atoms with Crippen molar-refractivity contribution >= 4 is 62.1 Å². The van der Waals surface area contributed by atoms with Crippen LogP contribution in [0.2, 0.25) is 0 Å². The van der Waals surface area contributed by atoms with E-state index in [1.165, 1.54) is 27.1 Å². The van der Waals surface area contributed by atoms with Crippen molar-refractivity contribution in [1.29, 1.82) is 0 Å². The summed E-state index contributed by atoms with van der Waals surface area (Å²) in [6, 6.07) is 31.8. The van der Waals surface area contributed by atoms with E-state index in [1.807, 2.05) is 0 Å². The number of hydrogen-bond acceptors (Lipinski definition) is 0. The van der Waals surface area contributed by atoms with E-state index in [4.69, 9.17) is 23.2 Å². The fraction of sp³-hybridized carbons (Fsp3) is 0.130. The molecule has 0 saturated heterocycles. The van der Waals surface area contributed by atoms with Gasteiger partial charge in [-0.05, 0) is 33.5 Å². The van der Waals surface area contributed by atoms with Crippen LogP contribution in [0.4, 0.5) is 0 Å². The zero-order valence-corrected chi connectivity index (χ0v) is 21.0. The molecule has 0 aromatic heterocycles. The first-order valence-corrected chi connectivity index (χ1v) is 9.38. The zero-order valence-electron chi connectivity index (χ0n) is 16.0. The average molecular weight is 503 g/mol. The van der Waals surface area contributed by atoms with Crippen molar-refractivity contribution in [3.05, 3.63) is 96.6 Å². The molecule has 0 saturated carbocycles. The third kappa shape index (κ3) is 11.4. The van der Waals surface area contributed by atoms with Gasteiger partial charge in [-0.1, -0.05) is 97.9 Å². The van der Waals surface area contributed by atoms with Crippen LogP contribution in [0.15, 0.2) is 91.0 Å². The van der Waals surface area contributed by atoms with Crippen LogP contribution in [0.25, 0.3) is 21.5 Å². The number of aryl methyl sites for hydroxylation is 1. The Labute approximate surface area is 213 Å². The molecule has 0 aliphatic carbocycles. The van der Waals surface area contributed by atoms with Crippen LogP contribution < -0.4 is 37.2 Å². The molecule has 0 aliphatic rings. The summed E-state index contributed by atoms with van der Waals surface area (Å²) in [4.78, 5) is 0. The third-order valence-electron chi connectivity index (χ3n) is 3.88. The Morgan fingerprint density at radius 3 is 1.21 bits per heavy atom. The van der Waals surface area contributed by atoms with Crippen LogP contribution in [-0.2, 0) is 6.42 Å². The average Bonchev–Trinajstić information content (AvgIpc) is 2.69. The molecular weight excluding hydrogens is 481 g/mol. The molecule has 6 heteroatoms. The summed E-state index contributed by atoms with van der Waals surface area (Å²) in [7, 11) is 0. The van der Waals surface area contributed by atoms with Crippen molar-refractivity contribution < 1.29 is 37.2 Å². The number of benzene rings is 4. The van der Waals surface area contributed by atoms with Crippen molar-refractivity contribution in [1.82, 2.24) is 0 Å². The SMILES string of the molecule is CCc1ccc2ccccc2c1.ClCCl.[Al+3].[Cl-].[Cl-].[Cl-].c1ccc2ccccc2c1. The fourth-order valence-corrected chi connectivity index (χ4v) is 2.59. The second kappa shape index (κ2) is 19.4. The molecule has 29 heavy (non-hydrogen) atoms. The smallest absolute Gasteiger partial charge is 1.00 e. The van der Waals surface area contributed by atoms with Gasteiger partial charge in [0.05, 0.1) is 5.34 Å². The largest absolute Gasteiger partial charge is 3.00 e. The van der Waals surface area contributed by atoms with Gasteiger partial charge in [0.2, 0.25) is 0 Å². The van der Waals surface area contributed by atoms with Crippen molar-refractivity contribution in [2.45, 2.75) is 13.3 Å². The van der Waals surface area contributed by atoms with Crippen LogP contribution in [-0.4, -0.2) is 22.7 Å². The van der Waals surface area contributed by atoms with Crippen LogP contribution in [0.5, 0.6) is 0 Å². The first kappa shape index (κ1) is 33.0. The Bertz CT molecular complexity index is 850. The number of hydrogen-bond donors (Lipinski definition) is 0. The van der Waals surface area contributed by atoms with Crippen molar-refractivity contribution in [3.8, 4) is 0 Å². The second-order valence-electron chi connectivity index (χ2n) is 5.48. The van der Waals surface area contributed by atoms with E-state index < -0.39 is 0 Å². The molecule has 0 N–H and O–H groups in total. The molecule has 4 aromatic rings. The molecule has 152 valence electrons. The maximum absolute atomic E-state index is 4.76. The molecule has 4 rings (SSSR count). The van der Waals surface area contributed by atoms with Gasteiger partial charge in [-0.2, -0.15) is 0 Å². The summed E-state index contributed by atoms with van der Waals surface area (Å²) >= 11 is 9.53.